The van der Waals surface area contributed by atoms with Crippen LogP contribution in [0.25, 0.3) is 17.0 Å². The maximum Gasteiger partial charge on any atom is 0.310 e. The van der Waals surface area contributed by atoms with E-state index in [0.29, 0.717) is 50.6 Å². The molecular weight excluding hydrogens is 678 g/mol. The molecule has 0 radical (unpaired) electrons. The minimum Gasteiger partial charge on any atom is -0.475 e. The second-order valence-corrected chi connectivity index (χ2v) is 12.9. The zero-order valence-electron chi connectivity index (χ0n) is 30.8. The number of rotatable bonds is 14. The highest BCUT2D eigenvalue weighted by Gasteiger charge is 2.43. The molecule has 15 nitrogen and oxygen atoms in total. The van der Waals surface area contributed by atoms with Gasteiger partial charge < -0.3 is 35.3 Å². The van der Waals surface area contributed by atoms with Crippen LogP contribution in [0.15, 0.2) is 73.2 Å². The molecule has 15 heteroatoms. The number of anilines is 2. The van der Waals surface area contributed by atoms with Gasteiger partial charge in [0.05, 0.1) is 17.8 Å². The highest BCUT2D eigenvalue weighted by Crippen LogP contribution is 2.35. The van der Waals surface area contributed by atoms with Gasteiger partial charge >= 0.3 is 5.91 Å². The van der Waals surface area contributed by atoms with E-state index in [0.717, 1.165) is 45.7 Å². The molecule has 1 unspecified atom stereocenters. The molecule has 0 saturated heterocycles. The van der Waals surface area contributed by atoms with Gasteiger partial charge in [-0.25, -0.2) is 20.3 Å². The Labute approximate surface area is 309 Å². The number of aryl methyl sites for hydroxylation is 1. The molecular formula is C38H49N9O6. The number of aliphatic hydroxyl groups is 2. The Morgan fingerprint density at radius 3 is 2.49 bits per heavy atom. The number of hydrogen-bond donors (Lipinski definition) is 5. The van der Waals surface area contributed by atoms with Gasteiger partial charge in [0.15, 0.2) is 5.82 Å². The average molecular weight is 728 g/mol. The summed E-state index contributed by atoms with van der Waals surface area (Å²) >= 11 is 0. The summed E-state index contributed by atoms with van der Waals surface area (Å²) in [6.45, 7) is 9.64. The second kappa shape index (κ2) is 18.0. The number of carbonyl (C=O) groups excluding carboxylic acids is 2. The first-order valence-electron chi connectivity index (χ1n) is 17.7. The number of pyridine rings is 1. The van der Waals surface area contributed by atoms with Gasteiger partial charge in [-0.05, 0) is 68.5 Å². The van der Waals surface area contributed by atoms with E-state index in [-0.39, 0.29) is 18.9 Å². The molecule has 0 spiro atoms. The summed E-state index contributed by atoms with van der Waals surface area (Å²) in [7, 11) is 1.45. The molecule has 0 saturated carbocycles. The van der Waals surface area contributed by atoms with Crippen LogP contribution in [0.5, 0.6) is 5.88 Å². The van der Waals surface area contributed by atoms with Crippen molar-refractivity contribution in [3.8, 4) is 17.3 Å². The van der Waals surface area contributed by atoms with Gasteiger partial charge in [0.1, 0.15) is 13.1 Å². The molecule has 53 heavy (non-hydrogen) atoms. The molecule has 2 aliphatic heterocycles. The standard InChI is InChI=1S/C22H31N5O4.C16H18N4O2/c1-4-12-26(16-31-3)22(29,30)21(28)25-13-10-18(11-14-25)17-6-8-19(9-7-17)20-23-15-27(5-2)24-20;1-10(2)22-15-6-3-11(8-17-15)16-13-7-12(18-9-21)4-5-14(13)19-20-16/h6-10,15,29-30H,4-5,11-14,16H2,1-3H3;3-10,16,19-20H,1-2H3,(H,18,21). The van der Waals surface area contributed by atoms with Gasteiger partial charge in [0.2, 0.25) is 12.3 Å². The smallest absolute Gasteiger partial charge is 0.310 e. The van der Waals surface area contributed by atoms with Crippen LogP contribution in [0.1, 0.15) is 63.3 Å². The number of nitrogens with one attached hydrogen (secondary N) is 3. The second-order valence-electron chi connectivity index (χ2n) is 12.9. The van der Waals surface area contributed by atoms with Gasteiger partial charge in [-0.3, -0.25) is 14.3 Å². The van der Waals surface area contributed by atoms with Gasteiger partial charge in [-0.15, -0.1) is 0 Å². The third kappa shape index (κ3) is 9.63. The van der Waals surface area contributed by atoms with E-state index in [1.807, 2.05) is 88.4 Å². The van der Waals surface area contributed by atoms with Crippen molar-refractivity contribution in [2.75, 3.05) is 44.2 Å². The highest BCUT2D eigenvalue weighted by molar-refractivity contribution is 5.84. The fraction of sp³-hybridized carbons (Fsp3) is 0.395. The van der Waals surface area contributed by atoms with Crippen molar-refractivity contribution in [2.45, 2.75) is 65.1 Å². The summed E-state index contributed by atoms with van der Waals surface area (Å²) in [4.78, 5) is 34.7. The molecule has 2 aromatic carbocycles. The van der Waals surface area contributed by atoms with Crippen molar-refractivity contribution in [1.29, 1.82) is 0 Å². The van der Waals surface area contributed by atoms with Gasteiger partial charge in [0, 0.05) is 62.4 Å². The predicted octanol–water partition coefficient (Wildman–Crippen LogP) is 3.99. The van der Waals surface area contributed by atoms with Crippen molar-refractivity contribution in [2.24, 2.45) is 0 Å². The molecule has 2 aliphatic rings. The Morgan fingerprint density at radius 1 is 1.11 bits per heavy atom. The third-order valence-electron chi connectivity index (χ3n) is 8.77. The van der Waals surface area contributed by atoms with Crippen molar-refractivity contribution >= 4 is 29.3 Å². The van der Waals surface area contributed by atoms with Crippen LogP contribution in [0.4, 0.5) is 11.4 Å². The number of fused-ring (bicyclic) bond motifs is 1. The molecule has 0 bridgehead atoms. The molecule has 2 aromatic heterocycles. The van der Waals surface area contributed by atoms with Gasteiger partial charge in [-0.2, -0.15) is 5.10 Å². The number of hydrogen-bond acceptors (Lipinski definition) is 12. The lowest BCUT2D eigenvalue weighted by molar-refractivity contribution is -0.271. The molecule has 0 aliphatic carbocycles. The molecule has 4 heterocycles. The van der Waals surface area contributed by atoms with E-state index < -0.39 is 11.8 Å². The molecule has 4 aromatic rings. The Hall–Kier alpha value is -5.19. The lowest BCUT2D eigenvalue weighted by Crippen LogP contribution is -2.61. The molecule has 5 N–H and O–H groups in total. The van der Waals surface area contributed by atoms with E-state index in [4.69, 9.17) is 9.47 Å². The maximum absolute atomic E-state index is 12.8. The van der Waals surface area contributed by atoms with Crippen LogP contribution in [-0.2, 0) is 20.9 Å². The first kappa shape index (κ1) is 39.0. The van der Waals surface area contributed by atoms with Crippen LogP contribution in [-0.4, -0.2) is 97.6 Å². The van der Waals surface area contributed by atoms with Crippen molar-refractivity contribution in [3.05, 3.63) is 89.9 Å². The van der Waals surface area contributed by atoms with Crippen molar-refractivity contribution in [1.82, 2.24) is 35.0 Å². The Balaban J connectivity index is 0.000000216. The van der Waals surface area contributed by atoms with E-state index in [1.165, 1.54) is 16.9 Å². The highest BCUT2D eigenvalue weighted by atomic mass is 16.6. The minimum atomic E-state index is -2.59. The van der Waals surface area contributed by atoms with Crippen molar-refractivity contribution in [3.63, 3.8) is 0 Å². The summed E-state index contributed by atoms with van der Waals surface area (Å²) in [6.07, 6.45) is 7.53. The Bertz CT molecular complexity index is 1840. The maximum atomic E-state index is 12.8. The molecule has 282 valence electrons. The first-order chi connectivity index (χ1) is 25.6. The summed E-state index contributed by atoms with van der Waals surface area (Å²) in [6, 6.07) is 17.6. The zero-order valence-corrected chi connectivity index (χ0v) is 30.8. The Kier molecular flexibility index (Phi) is 13.3. The van der Waals surface area contributed by atoms with E-state index in [1.54, 1.807) is 17.2 Å². The number of methoxy groups -OCH3 is 1. The summed E-state index contributed by atoms with van der Waals surface area (Å²) in [5.41, 5.74) is 13.3. The molecule has 6 rings (SSSR count). The number of hydrazine groups is 1. The van der Waals surface area contributed by atoms with Gasteiger partial charge in [0.25, 0.3) is 5.91 Å². The largest absolute Gasteiger partial charge is 0.475 e. The molecule has 2 amide bonds. The van der Waals surface area contributed by atoms with Crippen LogP contribution in [0, 0.1) is 0 Å². The zero-order chi connectivity index (χ0) is 38.0. The Morgan fingerprint density at radius 2 is 1.89 bits per heavy atom. The van der Waals surface area contributed by atoms with Gasteiger partial charge in [-0.1, -0.05) is 43.3 Å². The quantitative estimate of drug-likeness (QED) is 0.0933. The lowest BCUT2D eigenvalue weighted by atomic mass is 9.98. The van der Waals surface area contributed by atoms with E-state index in [2.05, 4.69) is 31.2 Å². The lowest BCUT2D eigenvalue weighted by Gasteiger charge is -2.37. The number of ether oxygens (including phenoxy) is 2. The third-order valence-corrected chi connectivity index (χ3v) is 8.77. The molecule has 0 fully saturated rings. The van der Waals surface area contributed by atoms with Crippen LogP contribution in [0.2, 0.25) is 0 Å². The average Bonchev–Trinajstić information content (AvgIpc) is 3.83. The SMILES string of the molecule is CC(C)Oc1ccc(C2NNc3ccc(NC=O)cc32)cn1.CCCN(COC)C(O)(O)C(=O)N1CC=C(c2ccc(-c3ncn(CC)n3)cc2)CC1. The number of carbonyl (C=O) groups is 2. The fourth-order valence-corrected chi connectivity index (χ4v) is 6.05. The fourth-order valence-electron chi connectivity index (χ4n) is 6.05. The molecule has 1 atom stereocenters. The monoisotopic (exact) mass is 727 g/mol. The number of benzene rings is 2. The summed E-state index contributed by atoms with van der Waals surface area (Å²) in [5.74, 6) is -2.02. The summed E-state index contributed by atoms with van der Waals surface area (Å²) < 4.78 is 12.4. The van der Waals surface area contributed by atoms with Crippen LogP contribution >= 0.6 is 0 Å². The number of amides is 2. The summed E-state index contributed by atoms with van der Waals surface area (Å²) in [5, 5.41) is 28.0. The number of aromatic nitrogens is 4. The normalized spacial score (nSPS) is 15.3. The van der Waals surface area contributed by atoms with E-state index >= 15 is 0 Å². The number of nitrogens with zero attached hydrogens (tertiary/aromatic N) is 6. The topological polar surface area (TPSA) is 179 Å². The van der Waals surface area contributed by atoms with Crippen molar-refractivity contribution < 1.29 is 29.3 Å². The van der Waals surface area contributed by atoms with E-state index in [9.17, 15) is 19.8 Å². The predicted molar refractivity (Wildman–Crippen MR) is 201 cm³/mol. The van der Waals surface area contributed by atoms with Crippen LogP contribution in [0.3, 0.4) is 0 Å². The first-order valence-corrected chi connectivity index (χ1v) is 17.7. The van der Waals surface area contributed by atoms with Crippen LogP contribution < -0.4 is 20.9 Å². The minimum absolute atomic E-state index is 0.0241.